The third kappa shape index (κ3) is 13.9. The molecule has 1 aromatic rings. The molecule has 0 bridgehead atoms. The summed E-state index contributed by atoms with van der Waals surface area (Å²) < 4.78 is 31.2. The summed E-state index contributed by atoms with van der Waals surface area (Å²) in [6.45, 7) is 10.6. The maximum absolute atomic E-state index is 12.4. The van der Waals surface area contributed by atoms with Gasteiger partial charge in [0.2, 0.25) is 0 Å². The van der Waals surface area contributed by atoms with Gasteiger partial charge in [0.25, 0.3) is 0 Å². The van der Waals surface area contributed by atoms with Crippen LogP contribution in [0.3, 0.4) is 0 Å². The molecule has 11 nitrogen and oxygen atoms in total. The van der Waals surface area contributed by atoms with E-state index in [1.165, 1.54) is 12.1 Å². The number of hydrogen-bond donors (Lipinski definition) is 1. The standard InChI is InChI=1S/C28H43NO10/c1-7-10-11-12-25(30)35-20(6)17-34-26(31)22(29)15-21-13-14-23(38-27(32)36-18(4)8-2)24(16-21)39-28(33)37-19(5)9-3/h13-14,16,18-20,22H,7-12,15,17,29H2,1-6H3/t18?,19?,20-,22-/m0/s1. The zero-order chi connectivity index (χ0) is 29.4. The Kier molecular flexibility index (Phi) is 15.6. The highest BCUT2D eigenvalue weighted by Gasteiger charge is 2.22. The molecular weight excluding hydrogens is 510 g/mol. The SMILES string of the molecule is CCCCCC(=O)O[C@@H](C)COC(=O)[C@@H](N)Cc1ccc(OC(=O)OC(C)CC)c(OC(=O)OC(C)CC)c1. The van der Waals surface area contributed by atoms with Crippen molar-refractivity contribution >= 4 is 24.2 Å². The molecule has 0 saturated carbocycles. The van der Waals surface area contributed by atoms with Gasteiger partial charge in [0, 0.05) is 6.42 Å². The van der Waals surface area contributed by atoms with E-state index < -0.39 is 30.4 Å². The van der Waals surface area contributed by atoms with E-state index in [0.29, 0.717) is 24.8 Å². The summed E-state index contributed by atoms with van der Waals surface area (Å²) in [5, 5.41) is 0. The van der Waals surface area contributed by atoms with Crippen LogP contribution in [0.5, 0.6) is 11.5 Å². The van der Waals surface area contributed by atoms with Crippen LogP contribution in [-0.2, 0) is 35.0 Å². The maximum Gasteiger partial charge on any atom is 0.514 e. The molecule has 1 aromatic carbocycles. The fraction of sp³-hybridized carbons (Fsp3) is 0.643. The second-order valence-electron chi connectivity index (χ2n) is 9.36. The van der Waals surface area contributed by atoms with Crippen LogP contribution < -0.4 is 15.2 Å². The zero-order valence-corrected chi connectivity index (χ0v) is 23.9. The topological polar surface area (TPSA) is 150 Å². The predicted molar refractivity (Wildman–Crippen MR) is 143 cm³/mol. The minimum Gasteiger partial charge on any atom is -0.461 e. The second kappa shape index (κ2) is 18.0. The first kappa shape index (κ1) is 33.7. The van der Waals surface area contributed by atoms with Gasteiger partial charge in [-0.3, -0.25) is 9.59 Å². The van der Waals surface area contributed by atoms with E-state index >= 15 is 0 Å². The van der Waals surface area contributed by atoms with Gasteiger partial charge in [-0.25, -0.2) is 9.59 Å². The van der Waals surface area contributed by atoms with E-state index in [9.17, 15) is 19.2 Å². The molecule has 0 amide bonds. The van der Waals surface area contributed by atoms with Crippen molar-refractivity contribution in [3.8, 4) is 11.5 Å². The number of unbranched alkanes of at least 4 members (excludes halogenated alkanes) is 2. The van der Waals surface area contributed by atoms with E-state index in [1.807, 2.05) is 20.8 Å². The quantitative estimate of drug-likeness (QED) is 0.124. The first-order valence-corrected chi connectivity index (χ1v) is 13.5. The smallest absolute Gasteiger partial charge is 0.461 e. The Morgan fingerprint density at radius 2 is 1.38 bits per heavy atom. The molecule has 0 heterocycles. The average Bonchev–Trinajstić information content (AvgIpc) is 2.88. The first-order valence-electron chi connectivity index (χ1n) is 13.5. The Labute approximate surface area is 230 Å². The number of esters is 2. The van der Waals surface area contributed by atoms with Crippen LogP contribution in [0.25, 0.3) is 0 Å². The Balaban J connectivity index is 2.83. The lowest BCUT2D eigenvalue weighted by Gasteiger charge is -2.17. The molecule has 0 spiro atoms. The predicted octanol–water partition coefficient (Wildman–Crippen LogP) is 5.24. The third-order valence-electron chi connectivity index (χ3n) is 5.68. The van der Waals surface area contributed by atoms with Gasteiger partial charge in [0.1, 0.15) is 31.0 Å². The van der Waals surface area contributed by atoms with Gasteiger partial charge < -0.3 is 34.2 Å². The minimum atomic E-state index is -1.06. The molecule has 0 aliphatic heterocycles. The molecule has 0 aliphatic rings. The number of carbonyl (C=O) groups excluding carboxylic acids is 4. The molecule has 2 N–H and O–H groups in total. The minimum absolute atomic E-state index is 0.0262. The lowest BCUT2D eigenvalue weighted by molar-refractivity contribution is -0.158. The van der Waals surface area contributed by atoms with Crippen LogP contribution >= 0.6 is 0 Å². The van der Waals surface area contributed by atoms with Crippen LogP contribution in [0.4, 0.5) is 9.59 Å². The summed E-state index contributed by atoms with van der Waals surface area (Å²) in [5.41, 5.74) is 6.53. The Bertz CT molecular complexity index is 935. The number of benzene rings is 1. The van der Waals surface area contributed by atoms with Crippen molar-refractivity contribution in [2.75, 3.05) is 6.61 Å². The van der Waals surface area contributed by atoms with Gasteiger partial charge in [0.15, 0.2) is 11.5 Å². The van der Waals surface area contributed by atoms with Crippen molar-refractivity contribution in [3.05, 3.63) is 23.8 Å². The Morgan fingerprint density at radius 3 is 1.95 bits per heavy atom. The number of carbonyl (C=O) groups is 4. The molecule has 0 aromatic heterocycles. The molecule has 4 atom stereocenters. The summed E-state index contributed by atoms with van der Waals surface area (Å²) in [6, 6.07) is 3.32. The van der Waals surface area contributed by atoms with Gasteiger partial charge >= 0.3 is 24.2 Å². The number of hydrogen-bond acceptors (Lipinski definition) is 11. The van der Waals surface area contributed by atoms with Gasteiger partial charge in [-0.05, 0) is 64.2 Å². The number of nitrogens with two attached hydrogens (primary N) is 1. The fourth-order valence-corrected chi connectivity index (χ4v) is 3.05. The van der Waals surface area contributed by atoms with E-state index in [0.717, 1.165) is 19.3 Å². The first-order chi connectivity index (χ1) is 18.5. The van der Waals surface area contributed by atoms with E-state index in [4.69, 9.17) is 34.2 Å². The molecule has 0 radical (unpaired) electrons. The maximum atomic E-state index is 12.4. The molecule has 11 heteroatoms. The molecule has 2 unspecified atom stereocenters. The van der Waals surface area contributed by atoms with Crippen LogP contribution in [-0.4, -0.2) is 55.2 Å². The van der Waals surface area contributed by atoms with E-state index in [1.54, 1.807) is 26.8 Å². The second-order valence-corrected chi connectivity index (χ2v) is 9.36. The fourth-order valence-electron chi connectivity index (χ4n) is 3.05. The van der Waals surface area contributed by atoms with Crippen molar-refractivity contribution in [3.63, 3.8) is 0 Å². The molecule has 0 fully saturated rings. The van der Waals surface area contributed by atoms with Crippen LogP contribution in [0.2, 0.25) is 0 Å². The summed E-state index contributed by atoms with van der Waals surface area (Å²) in [7, 11) is 0. The zero-order valence-electron chi connectivity index (χ0n) is 23.9. The van der Waals surface area contributed by atoms with Gasteiger partial charge in [-0.1, -0.05) is 39.7 Å². The van der Waals surface area contributed by atoms with Gasteiger partial charge in [0.05, 0.1) is 0 Å². The molecular formula is C28H43NO10. The van der Waals surface area contributed by atoms with Crippen LogP contribution in [0.1, 0.15) is 85.6 Å². The highest BCUT2D eigenvalue weighted by atomic mass is 16.7. The molecule has 1 rings (SSSR count). The van der Waals surface area contributed by atoms with Crippen LogP contribution in [0, 0.1) is 0 Å². The largest absolute Gasteiger partial charge is 0.514 e. The lowest BCUT2D eigenvalue weighted by atomic mass is 10.1. The average molecular weight is 554 g/mol. The highest BCUT2D eigenvalue weighted by Crippen LogP contribution is 2.30. The molecule has 220 valence electrons. The van der Waals surface area contributed by atoms with Gasteiger partial charge in [-0.15, -0.1) is 0 Å². The number of ether oxygens (including phenoxy) is 6. The van der Waals surface area contributed by atoms with Crippen LogP contribution in [0.15, 0.2) is 18.2 Å². The number of rotatable bonds is 16. The van der Waals surface area contributed by atoms with Crippen molar-refractivity contribution < 1.29 is 47.6 Å². The normalized spacial score (nSPS) is 13.8. The van der Waals surface area contributed by atoms with Crippen molar-refractivity contribution in [1.29, 1.82) is 0 Å². The molecule has 39 heavy (non-hydrogen) atoms. The van der Waals surface area contributed by atoms with Gasteiger partial charge in [-0.2, -0.15) is 0 Å². The summed E-state index contributed by atoms with van der Waals surface area (Å²) >= 11 is 0. The van der Waals surface area contributed by atoms with Crippen molar-refractivity contribution in [2.24, 2.45) is 5.73 Å². The van der Waals surface area contributed by atoms with Crippen molar-refractivity contribution in [1.82, 2.24) is 0 Å². The Morgan fingerprint density at radius 1 is 0.795 bits per heavy atom. The lowest BCUT2D eigenvalue weighted by Crippen LogP contribution is -2.36. The summed E-state index contributed by atoms with van der Waals surface area (Å²) in [6.07, 6.45) is 0.878. The van der Waals surface area contributed by atoms with Crippen molar-refractivity contribution in [2.45, 2.75) is 111 Å². The Hall–Kier alpha value is -3.34. The van der Waals surface area contributed by atoms with E-state index in [-0.39, 0.29) is 42.7 Å². The molecule has 0 aliphatic carbocycles. The molecule has 0 saturated heterocycles. The summed E-state index contributed by atoms with van der Waals surface area (Å²) in [5.74, 6) is -1.21. The summed E-state index contributed by atoms with van der Waals surface area (Å²) in [4.78, 5) is 48.6. The monoisotopic (exact) mass is 553 g/mol. The highest BCUT2D eigenvalue weighted by molar-refractivity contribution is 5.76. The third-order valence-corrected chi connectivity index (χ3v) is 5.68. The van der Waals surface area contributed by atoms with E-state index in [2.05, 4.69) is 0 Å².